The van der Waals surface area contributed by atoms with E-state index in [9.17, 15) is 0 Å². The molecular weight excluding hydrogens is 484 g/mol. The molecular formula is C39H42O. The van der Waals surface area contributed by atoms with Gasteiger partial charge in [0, 0.05) is 5.41 Å². The van der Waals surface area contributed by atoms with Crippen molar-refractivity contribution in [1.29, 1.82) is 0 Å². The lowest BCUT2D eigenvalue weighted by Crippen LogP contribution is -2.63. The van der Waals surface area contributed by atoms with Crippen LogP contribution in [0.5, 0.6) is 0 Å². The van der Waals surface area contributed by atoms with Crippen molar-refractivity contribution in [2.24, 2.45) is 23.2 Å². The quantitative estimate of drug-likeness (QED) is 0.200. The molecule has 0 amide bonds. The molecule has 4 bridgehead atoms. The molecule has 0 aliphatic heterocycles. The van der Waals surface area contributed by atoms with E-state index in [0.717, 1.165) is 30.6 Å². The highest BCUT2D eigenvalue weighted by atomic mass is 16.5. The van der Waals surface area contributed by atoms with Crippen molar-refractivity contribution < 1.29 is 4.74 Å². The molecule has 0 saturated heterocycles. The molecule has 2 atom stereocenters. The maximum Gasteiger partial charge on any atom is 0.0725 e. The molecule has 1 nitrogen and oxygen atoms in total. The molecule has 0 radical (unpaired) electrons. The van der Waals surface area contributed by atoms with Gasteiger partial charge in [-0.05, 0) is 96.8 Å². The van der Waals surface area contributed by atoms with Crippen molar-refractivity contribution in [2.45, 2.75) is 69.5 Å². The largest absolute Gasteiger partial charge is 0.372 e. The van der Waals surface area contributed by atoms with Crippen molar-refractivity contribution in [3.8, 4) is 0 Å². The van der Waals surface area contributed by atoms with Crippen LogP contribution in [0.1, 0.15) is 60.8 Å². The van der Waals surface area contributed by atoms with Crippen molar-refractivity contribution in [3.63, 3.8) is 0 Å². The summed E-state index contributed by atoms with van der Waals surface area (Å²) in [5.74, 6) is 2.62. The lowest BCUT2D eigenvalue weighted by molar-refractivity contribution is -0.151. The number of benzene rings is 4. The van der Waals surface area contributed by atoms with E-state index >= 15 is 0 Å². The second kappa shape index (κ2) is 11.0. The first-order chi connectivity index (χ1) is 19.7. The maximum absolute atomic E-state index is 7.31. The van der Waals surface area contributed by atoms with E-state index < -0.39 is 0 Å². The number of hydrogen-bond acceptors (Lipinski definition) is 1. The van der Waals surface area contributed by atoms with Crippen LogP contribution < -0.4 is 0 Å². The third kappa shape index (κ3) is 4.83. The SMILES string of the molecule is c1ccc(COC(Cc2ccccc2)C(Cc2ccccc2)(c2ccccc2)C23CC4CC(CC(C4)C2)C3)cc1. The van der Waals surface area contributed by atoms with E-state index in [1.807, 2.05) is 0 Å². The summed E-state index contributed by atoms with van der Waals surface area (Å²) >= 11 is 0. The standard InChI is InChI=1S/C39H42O/c1-5-13-30(14-6-1)24-37(40-29-32-17-9-3-10-18-32)39(36-19-11-4-12-20-36,28-31-15-7-2-8-16-31)38-25-33-21-34(26-38)23-35(22-33)27-38/h1-20,33-35,37H,21-29H2. The first kappa shape index (κ1) is 25.8. The second-order valence-corrected chi connectivity index (χ2v) is 13.2. The zero-order chi connectivity index (χ0) is 26.8. The van der Waals surface area contributed by atoms with Gasteiger partial charge in [-0.15, -0.1) is 0 Å². The number of ether oxygens (including phenoxy) is 1. The molecule has 0 N–H and O–H groups in total. The third-order valence-corrected chi connectivity index (χ3v) is 10.7. The van der Waals surface area contributed by atoms with Gasteiger partial charge < -0.3 is 4.74 Å². The summed E-state index contributed by atoms with van der Waals surface area (Å²) in [6.07, 6.45) is 10.4. The Morgan fingerprint density at radius 3 is 1.55 bits per heavy atom. The van der Waals surface area contributed by atoms with Gasteiger partial charge in [0.2, 0.25) is 0 Å². The highest BCUT2D eigenvalue weighted by molar-refractivity contribution is 5.38. The Hall–Kier alpha value is -3.16. The van der Waals surface area contributed by atoms with Crippen molar-refractivity contribution in [1.82, 2.24) is 0 Å². The smallest absolute Gasteiger partial charge is 0.0725 e. The van der Waals surface area contributed by atoms with E-state index in [0.29, 0.717) is 6.61 Å². The van der Waals surface area contributed by atoms with Crippen LogP contribution >= 0.6 is 0 Å². The molecule has 4 fully saturated rings. The van der Waals surface area contributed by atoms with Gasteiger partial charge in [-0.3, -0.25) is 0 Å². The fraction of sp³-hybridized carbons (Fsp3) is 0.385. The fourth-order valence-corrected chi connectivity index (χ4v) is 9.52. The van der Waals surface area contributed by atoms with Crippen LogP contribution in [0.3, 0.4) is 0 Å². The summed E-state index contributed by atoms with van der Waals surface area (Å²) in [7, 11) is 0. The Balaban J connectivity index is 1.42. The van der Waals surface area contributed by atoms with Gasteiger partial charge in [0.05, 0.1) is 12.7 Å². The van der Waals surface area contributed by atoms with Crippen molar-refractivity contribution in [2.75, 3.05) is 0 Å². The number of rotatable bonds is 10. The predicted octanol–water partition coefficient (Wildman–Crippen LogP) is 9.21. The zero-order valence-electron chi connectivity index (χ0n) is 23.6. The average molecular weight is 527 g/mol. The molecule has 4 saturated carbocycles. The Labute approximate surface area is 240 Å². The van der Waals surface area contributed by atoms with E-state index in [1.165, 1.54) is 60.8 Å². The Kier molecular flexibility index (Phi) is 7.10. The molecule has 8 rings (SSSR count). The summed E-state index contributed by atoms with van der Waals surface area (Å²) in [4.78, 5) is 0. The van der Waals surface area contributed by atoms with Gasteiger partial charge in [0.25, 0.3) is 0 Å². The lowest BCUT2D eigenvalue weighted by Gasteiger charge is -2.66. The van der Waals surface area contributed by atoms with Crippen LogP contribution in [0.25, 0.3) is 0 Å². The monoisotopic (exact) mass is 526 g/mol. The van der Waals surface area contributed by atoms with Gasteiger partial charge in [-0.2, -0.15) is 0 Å². The topological polar surface area (TPSA) is 9.23 Å². The van der Waals surface area contributed by atoms with Crippen LogP contribution in [-0.4, -0.2) is 6.10 Å². The summed E-state index contributed by atoms with van der Waals surface area (Å²) in [5, 5.41) is 0. The molecule has 4 aromatic rings. The predicted molar refractivity (Wildman–Crippen MR) is 164 cm³/mol. The normalized spacial score (nSPS) is 27.2. The van der Waals surface area contributed by atoms with Gasteiger partial charge in [-0.25, -0.2) is 0 Å². The molecule has 1 heteroatoms. The highest BCUT2D eigenvalue weighted by Gasteiger charge is 2.63. The van der Waals surface area contributed by atoms with Crippen LogP contribution in [0.15, 0.2) is 121 Å². The van der Waals surface area contributed by atoms with Crippen molar-refractivity contribution in [3.05, 3.63) is 144 Å². The Bertz CT molecular complexity index is 1330. The molecule has 2 unspecified atom stereocenters. The van der Waals surface area contributed by atoms with Crippen LogP contribution in [0, 0.1) is 23.2 Å². The molecule has 0 heterocycles. The molecule has 0 aromatic heterocycles. The molecule has 4 aliphatic rings. The summed E-state index contributed by atoms with van der Waals surface area (Å²) in [5.41, 5.74) is 5.68. The first-order valence-corrected chi connectivity index (χ1v) is 15.5. The minimum absolute atomic E-state index is 0.0639. The summed E-state index contributed by atoms with van der Waals surface area (Å²) in [6, 6.07) is 44.8. The van der Waals surface area contributed by atoms with E-state index in [2.05, 4.69) is 121 Å². The van der Waals surface area contributed by atoms with E-state index in [-0.39, 0.29) is 16.9 Å². The summed E-state index contributed by atoms with van der Waals surface area (Å²) < 4.78 is 7.31. The van der Waals surface area contributed by atoms with Crippen LogP contribution in [0.2, 0.25) is 0 Å². The summed E-state index contributed by atoms with van der Waals surface area (Å²) in [6.45, 7) is 0.647. The first-order valence-electron chi connectivity index (χ1n) is 15.5. The Morgan fingerprint density at radius 1 is 0.575 bits per heavy atom. The molecule has 40 heavy (non-hydrogen) atoms. The zero-order valence-corrected chi connectivity index (χ0v) is 23.6. The maximum atomic E-state index is 7.31. The minimum atomic E-state index is -0.115. The lowest BCUT2D eigenvalue weighted by atomic mass is 9.39. The van der Waals surface area contributed by atoms with Gasteiger partial charge in [0.1, 0.15) is 0 Å². The second-order valence-electron chi connectivity index (χ2n) is 13.2. The molecule has 4 aliphatic carbocycles. The molecule has 0 spiro atoms. The third-order valence-electron chi connectivity index (χ3n) is 10.7. The van der Waals surface area contributed by atoms with Crippen LogP contribution in [-0.2, 0) is 29.6 Å². The van der Waals surface area contributed by atoms with Gasteiger partial charge in [-0.1, -0.05) is 121 Å². The van der Waals surface area contributed by atoms with E-state index in [1.54, 1.807) is 0 Å². The molecule has 4 aromatic carbocycles. The van der Waals surface area contributed by atoms with Crippen LogP contribution in [0.4, 0.5) is 0 Å². The van der Waals surface area contributed by atoms with Gasteiger partial charge >= 0.3 is 0 Å². The van der Waals surface area contributed by atoms with Gasteiger partial charge in [0.15, 0.2) is 0 Å². The molecule has 204 valence electrons. The van der Waals surface area contributed by atoms with E-state index in [4.69, 9.17) is 4.74 Å². The number of hydrogen-bond donors (Lipinski definition) is 0. The Morgan fingerprint density at radius 2 is 1.02 bits per heavy atom. The average Bonchev–Trinajstić information content (AvgIpc) is 2.99. The highest BCUT2D eigenvalue weighted by Crippen LogP contribution is 2.68. The minimum Gasteiger partial charge on any atom is -0.372 e. The fourth-order valence-electron chi connectivity index (χ4n) is 9.52. The van der Waals surface area contributed by atoms with Crippen molar-refractivity contribution >= 4 is 0 Å².